The lowest BCUT2D eigenvalue weighted by atomic mass is 9.99. The molecule has 0 unspecified atom stereocenters. The van der Waals surface area contributed by atoms with Crippen LogP contribution in [0.3, 0.4) is 0 Å². The predicted molar refractivity (Wildman–Crippen MR) is 137 cm³/mol. The van der Waals surface area contributed by atoms with Crippen LogP contribution in [0.1, 0.15) is 27.0 Å². The zero-order valence-electron chi connectivity index (χ0n) is 18.9. The zero-order chi connectivity index (χ0) is 24.4. The zero-order valence-corrected chi connectivity index (χ0v) is 20.4. The molecule has 1 aliphatic rings. The van der Waals surface area contributed by atoms with Gasteiger partial charge >= 0.3 is 5.97 Å². The van der Waals surface area contributed by atoms with Crippen molar-refractivity contribution in [1.82, 2.24) is 4.90 Å². The number of nitrogens with one attached hydrogen (secondary N) is 2. The molecule has 1 aliphatic heterocycles. The third-order valence-electron chi connectivity index (χ3n) is 5.38. The molecule has 8 heteroatoms. The number of benzene rings is 3. The number of hydrogen-bond acceptors (Lipinski definition) is 5. The van der Waals surface area contributed by atoms with Crippen LogP contribution in [0.15, 0.2) is 60.7 Å². The van der Waals surface area contributed by atoms with Crippen molar-refractivity contribution in [2.75, 3.05) is 31.8 Å². The van der Waals surface area contributed by atoms with E-state index in [0.29, 0.717) is 50.4 Å². The third-order valence-corrected chi connectivity index (χ3v) is 6.06. The van der Waals surface area contributed by atoms with Crippen LogP contribution in [0.25, 0.3) is 11.3 Å². The topological polar surface area (TPSA) is 70.7 Å². The van der Waals surface area contributed by atoms with Crippen molar-refractivity contribution in [3.63, 3.8) is 0 Å². The Bertz CT molecular complexity index is 1280. The maximum absolute atomic E-state index is 13.1. The van der Waals surface area contributed by atoms with Crippen LogP contribution in [0.2, 0.25) is 10.0 Å². The van der Waals surface area contributed by atoms with E-state index in [1.54, 1.807) is 30.3 Å². The molecule has 0 aromatic heterocycles. The molecule has 0 aliphatic carbocycles. The molecule has 1 amide bonds. The number of carbonyl (C=O) groups is 2. The Balaban J connectivity index is 1.84. The maximum Gasteiger partial charge on any atom is 0.337 e. The summed E-state index contributed by atoms with van der Waals surface area (Å²) < 4.78 is 4.80. The van der Waals surface area contributed by atoms with E-state index in [1.807, 2.05) is 49.3 Å². The first-order valence-corrected chi connectivity index (χ1v) is 11.3. The second-order valence-electron chi connectivity index (χ2n) is 8.10. The fourth-order valence-corrected chi connectivity index (χ4v) is 4.44. The number of fused-ring (bicyclic) bond motifs is 1. The van der Waals surface area contributed by atoms with E-state index in [-0.39, 0.29) is 5.91 Å². The summed E-state index contributed by atoms with van der Waals surface area (Å²) in [4.78, 5) is 27.0. The molecule has 3 aromatic carbocycles. The van der Waals surface area contributed by atoms with Crippen LogP contribution >= 0.6 is 23.2 Å². The van der Waals surface area contributed by atoms with Crippen LogP contribution in [-0.2, 0) is 16.1 Å². The molecule has 2 N–H and O–H groups in total. The van der Waals surface area contributed by atoms with E-state index in [1.165, 1.54) is 7.11 Å². The molecule has 3 aromatic rings. The van der Waals surface area contributed by atoms with Gasteiger partial charge in [0.1, 0.15) is 0 Å². The minimum absolute atomic E-state index is 0.287. The smallest absolute Gasteiger partial charge is 0.337 e. The summed E-state index contributed by atoms with van der Waals surface area (Å²) in [6.07, 6.45) is 0. The van der Waals surface area contributed by atoms with Crippen molar-refractivity contribution >= 4 is 57.7 Å². The van der Waals surface area contributed by atoms with Gasteiger partial charge in [-0.15, -0.1) is 0 Å². The molecule has 4 rings (SSSR count). The second kappa shape index (κ2) is 9.89. The van der Waals surface area contributed by atoms with Gasteiger partial charge in [0.25, 0.3) is 5.91 Å². The summed E-state index contributed by atoms with van der Waals surface area (Å²) in [6.45, 7) is 0.600. The molecule has 0 spiro atoms. The molecule has 0 saturated carbocycles. The number of nitrogens with zero attached hydrogens (tertiary/aromatic N) is 1. The average molecular weight is 496 g/mol. The number of esters is 1. The predicted octanol–water partition coefficient (Wildman–Crippen LogP) is 5.77. The number of carbonyl (C=O) groups excluding carboxylic acids is 2. The molecule has 0 atom stereocenters. The van der Waals surface area contributed by atoms with Gasteiger partial charge in [0.2, 0.25) is 0 Å². The Morgan fingerprint density at radius 2 is 1.68 bits per heavy atom. The SMILES string of the molecule is COC(=O)c1ccc2c(c1)NC(=O)C2=C(Nc1cc(Cl)c(CN(C)C)c(Cl)c1)c1ccccc1. The van der Waals surface area contributed by atoms with Crippen LogP contribution in [-0.4, -0.2) is 38.0 Å². The highest BCUT2D eigenvalue weighted by molar-refractivity contribution is 6.38. The summed E-state index contributed by atoms with van der Waals surface area (Å²) in [5.74, 6) is -0.761. The van der Waals surface area contributed by atoms with Crippen molar-refractivity contribution < 1.29 is 14.3 Å². The third kappa shape index (κ3) is 4.80. The molecular weight excluding hydrogens is 473 g/mol. The van der Waals surface area contributed by atoms with E-state index < -0.39 is 5.97 Å². The Morgan fingerprint density at radius 3 is 2.29 bits per heavy atom. The number of hydrogen-bond donors (Lipinski definition) is 2. The van der Waals surface area contributed by atoms with Gasteiger partial charge in [-0.3, -0.25) is 4.79 Å². The minimum Gasteiger partial charge on any atom is -0.465 e. The monoisotopic (exact) mass is 495 g/mol. The Labute approximate surface area is 208 Å². The number of ether oxygens (including phenoxy) is 1. The average Bonchev–Trinajstić information content (AvgIpc) is 3.14. The number of methoxy groups -OCH3 is 1. The quantitative estimate of drug-likeness (QED) is 0.335. The van der Waals surface area contributed by atoms with E-state index in [4.69, 9.17) is 27.9 Å². The highest BCUT2D eigenvalue weighted by atomic mass is 35.5. The van der Waals surface area contributed by atoms with Gasteiger partial charge < -0.3 is 20.3 Å². The minimum atomic E-state index is -0.474. The summed E-state index contributed by atoms with van der Waals surface area (Å²) in [5.41, 5.74) is 4.89. The fourth-order valence-electron chi connectivity index (χ4n) is 3.84. The second-order valence-corrected chi connectivity index (χ2v) is 8.92. The van der Waals surface area contributed by atoms with Crippen LogP contribution in [0.5, 0.6) is 0 Å². The molecule has 0 radical (unpaired) electrons. The normalized spacial score (nSPS) is 14.0. The standard InChI is InChI=1S/C26H23Cl2N3O3/c1-31(2)14-19-20(27)12-17(13-21(19)28)29-24(15-7-5-4-6-8-15)23-18-10-9-16(26(33)34-3)11-22(18)30-25(23)32/h4-13,29H,14H2,1-3H3,(H,30,32). The molecule has 34 heavy (non-hydrogen) atoms. The number of halogens is 2. The highest BCUT2D eigenvalue weighted by Crippen LogP contribution is 2.39. The van der Waals surface area contributed by atoms with E-state index in [9.17, 15) is 9.59 Å². The number of anilines is 2. The van der Waals surface area contributed by atoms with Gasteiger partial charge in [0.15, 0.2) is 0 Å². The van der Waals surface area contributed by atoms with Crippen molar-refractivity contribution in [3.8, 4) is 0 Å². The van der Waals surface area contributed by atoms with E-state index >= 15 is 0 Å². The molecule has 0 fully saturated rings. The Morgan fingerprint density at radius 1 is 1.00 bits per heavy atom. The van der Waals surface area contributed by atoms with Crippen LogP contribution in [0, 0.1) is 0 Å². The summed E-state index contributed by atoms with van der Waals surface area (Å²) in [7, 11) is 5.20. The first-order chi connectivity index (χ1) is 16.3. The number of rotatable bonds is 6. The van der Waals surface area contributed by atoms with Crippen LogP contribution < -0.4 is 10.6 Å². The van der Waals surface area contributed by atoms with Gasteiger partial charge in [-0.1, -0.05) is 59.6 Å². The molecule has 6 nitrogen and oxygen atoms in total. The largest absolute Gasteiger partial charge is 0.465 e. The molecular formula is C26H23Cl2N3O3. The first-order valence-electron chi connectivity index (χ1n) is 10.5. The Kier molecular flexibility index (Phi) is 6.93. The van der Waals surface area contributed by atoms with Crippen molar-refractivity contribution in [2.24, 2.45) is 0 Å². The Hall–Kier alpha value is -3.32. The van der Waals surface area contributed by atoms with Gasteiger partial charge in [0.05, 0.1) is 29.6 Å². The molecule has 1 heterocycles. The number of amides is 1. The summed E-state index contributed by atoms with van der Waals surface area (Å²) in [5, 5.41) is 7.27. The van der Waals surface area contributed by atoms with E-state index in [0.717, 1.165) is 11.1 Å². The molecule has 0 bridgehead atoms. The van der Waals surface area contributed by atoms with Gasteiger partial charge in [-0.05, 0) is 43.9 Å². The molecule has 174 valence electrons. The molecule has 0 saturated heterocycles. The summed E-state index contributed by atoms with van der Waals surface area (Å²) >= 11 is 13.1. The van der Waals surface area contributed by atoms with Gasteiger partial charge in [0, 0.05) is 33.4 Å². The maximum atomic E-state index is 13.1. The van der Waals surface area contributed by atoms with Gasteiger partial charge in [-0.2, -0.15) is 0 Å². The lowest BCUT2D eigenvalue weighted by Gasteiger charge is -2.18. The summed E-state index contributed by atoms with van der Waals surface area (Å²) in [6, 6.07) is 18.1. The fraction of sp³-hybridized carbons (Fsp3) is 0.154. The van der Waals surface area contributed by atoms with Crippen molar-refractivity contribution in [2.45, 2.75) is 6.54 Å². The first kappa shape index (κ1) is 23.8. The highest BCUT2D eigenvalue weighted by Gasteiger charge is 2.29. The van der Waals surface area contributed by atoms with E-state index in [2.05, 4.69) is 10.6 Å². The van der Waals surface area contributed by atoms with Gasteiger partial charge in [-0.25, -0.2) is 4.79 Å². The van der Waals surface area contributed by atoms with Crippen molar-refractivity contribution in [3.05, 3.63) is 93.0 Å². The van der Waals surface area contributed by atoms with Crippen LogP contribution in [0.4, 0.5) is 11.4 Å². The lowest BCUT2D eigenvalue weighted by molar-refractivity contribution is -0.110. The van der Waals surface area contributed by atoms with Crippen molar-refractivity contribution in [1.29, 1.82) is 0 Å². The lowest BCUT2D eigenvalue weighted by Crippen LogP contribution is -2.12.